The van der Waals surface area contributed by atoms with E-state index in [0.717, 1.165) is 34.4 Å². The summed E-state index contributed by atoms with van der Waals surface area (Å²) in [6.07, 6.45) is -5.07. The molecule has 0 fully saturated rings. The molecule has 4 aromatic rings. The zero-order chi connectivity index (χ0) is 44.1. The summed E-state index contributed by atoms with van der Waals surface area (Å²) < 4.78 is 89.6. The minimum absolute atomic E-state index is 0.0845. The van der Waals surface area contributed by atoms with Gasteiger partial charge in [-0.2, -0.15) is 0 Å². The molecule has 0 aliphatic heterocycles. The third kappa shape index (κ3) is 8.53. The Morgan fingerprint density at radius 2 is 0.831 bits per heavy atom. The van der Waals surface area contributed by atoms with Crippen LogP contribution < -0.4 is 0 Å². The average molecular weight is 965 g/mol. The van der Waals surface area contributed by atoms with Gasteiger partial charge in [0.25, 0.3) is 0 Å². The summed E-state index contributed by atoms with van der Waals surface area (Å²) >= 11 is -5.96. The molecule has 2 aliphatic rings. The van der Waals surface area contributed by atoms with Crippen LogP contribution in [0.1, 0.15) is 82.2 Å². The number of rotatable bonds is 8. The second-order valence-electron chi connectivity index (χ2n) is 20.5. The van der Waals surface area contributed by atoms with Crippen molar-refractivity contribution in [1.82, 2.24) is 4.14 Å². The van der Waals surface area contributed by atoms with E-state index in [1.54, 1.807) is 24.3 Å². The van der Waals surface area contributed by atoms with Crippen LogP contribution in [0.5, 0.6) is 0 Å². The van der Waals surface area contributed by atoms with E-state index in [9.17, 15) is 26.3 Å². The van der Waals surface area contributed by atoms with Crippen LogP contribution in [0.4, 0.5) is 26.3 Å². The molecule has 315 valence electrons. The molecule has 2 aliphatic carbocycles. The van der Waals surface area contributed by atoms with Crippen LogP contribution in [0.3, 0.4) is 0 Å². The van der Waals surface area contributed by atoms with Crippen molar-refractivity contribution in [3.05, 3.63) is 129 Å². The zero-order valence-corrected chi connectivity index (χ0v) is 42.0. The second-order valence-corrected chi connectivity index (χ2v) is 52.7. The summed E-state index contributed by atoms with van der Waals surface area (Å²) in [5.41, 5.74) is 3.52. The molecule has 0 bridgehead atoms. The maximum absolute atomic E-state index is 14.7. The molecule has 13 heteroatoms. The van der Waals surface area contributed by atoms with Gasteiger partial charge in [-0.3, -0.25) is 0 Å². The van der Waals surface area contributed by atoms with Gasteiger partial charge in [-0.05, 0) is 0 Å². The molecule has 0 aromatic heterocycles. The molecule has 0 heterocycles. The second kappa shape index (κ2) is 15.0. The van der Waals surface area contributed by atoms with E-state index < -0.39 is 74.2 Å². The molecule has 6 rings (SSSR count). The van der Waals surface area contributed by atoms with Crippen molar-refractivity contribution in [2.24, 2.45) is 10.8 Å². The number of allylic oxidation sites excluding steroid dienone is 2. The Morgan fingerprint density at radius 3 is 1.14 bits per heavy atom. The van der Waals surface area contributed by atoms with E-state index >= 15 is 0 Å². The van der Waals surface area contributed by atoms with E-state index in [4.69, 9.17) is 17.0 Å². The molecule has 1 nitrogen and oxygen atoms in total. The predicted molar refractivity (Wildman–Crippen MR) is 241 cm³/mol. The molecule has 0 radical (unpaired) electrons. The van der Waals surface area contributed by atoms with E-state index in [-0.39, 0.29) is 11.1 Å². The van der Waals surface area contributed by atoms with Crippen LogP contribution >= 0.6 is 17.0 Å². The fourth-order valence-electron chi connectivity index (χ4n) is 9.90. The molecule has 4 aromatic carbocycles. The molecule has 0 spiro atoms. The Kier molecular flexibility index (Phi) is 11.8. The normalized spacial score (nSPS) is 18.6. The van der Waals surface area contributed by atoms with Crippen molar-refractivity contribution >= 4 is 50.6 Å². The van der Waals surface area contributed by atoms with Gasteiger partial charge in [0, 0.05) is 0 Å². The Hall–Kier alpha value is -2.14. The summed E-state index contributed by atoms with van der Waals surface area (Å²) in [5.74, 6) is 0. The van der Waals surface area contributed by atoms with Crippen molar-refractivity contribution in [3.8, 4) is 22.3 Å². The monoisotopic (exact) mass is 962 g/mol. The van der Waals surface area contributed by atoms with Crippen LogP contribution in [0.15, 0.2) is 96.1 Å². The van der Waals surface area contributed by atoms with Gasteiger partial charge < -0.3 is 0 Å². The fraction of sp³-hybridized carbons (Fsp3) is 0.391. The third-order valence-electron chi connectivity index (χ3n) is 12.2. The summed E-state index contributed by atoms with van der Waals surface area (Å²) in [6.45, 7) is 26.5. The molecular formula is C46H55BCl2F6NSi2Zr. The SMILES string of the molecule is CC(C)(C)C1=Cc2c(-c3ccccc3C(F)(F)F)cccc2[CH]1[Zr]([Cl])([Cl])([BH]N([Si](C)(C)C)[Si](C)(C)C)[CH]1C(C(C)(C)C)=Cc2c(-c3ccccc3C(F)(F)F)cccc21. The molecule has 0 saturated carbocycles. The average Bonchev–Trinajstić information content (AvgIpc) is 3.71. The summed E-state index contributed by atoms with van der Waals surface area (Å²) in [4.78, 5) is 0.414. The van der Waals surface area contributed by atoms with Gasteiger partial charge in [-0.15, -0.1) is 0 Å². The molecule has 0 amide bonds. The van der Waals surface area contributed by atoms with Crippen LogP contribution in [0.2, 0.25) is 39.3 Å². The van der Waals surface area contributed by atoms with Gasteiger partial charge in [0.2, 0.25) is 0 Å². The first-order valence-electron chi connectivity index (χ1n) is 20.2. The van der Waals surface area contributed by atoms with Gasteiger partial charge in [-0.25, -0.2) is 0 Å². The van der Waals surface area contributed by atoms with Crippen LogP contribution in [-0.4, -0.2) is 25.6 Å². The number of fused-ring (bicyclic) bond motifs is 2. The Bertz CT molecular complexity index is 2200. The van der Waals surface area contributed by atoms with Crippen LogP contribution in [0, 0.1) is 10.8 Å². The van der Waals surface area contributed by atoms with E-state index in [2.05, 4.69) is 97.1 Å². The van der Waals surface area contributed by atoms with Gasteiger partial charge in [0.1, 0.15) is 0 Å². The zero-order valence-electron chi connectivity index (χ0n) is 36.1. The number of benzene rings is 4. The number of halogens is 8. The van der Waals surface area contributed by atoms with Gasteiger partial charge in [-0.1, -0.05) is 0 Å². The van der Waals surface area contributed by atoms with E-state index in [1.165, 1.54) is 24.3 Å². The van der Waals surface area contributed by atoms with Gasteiger partial charge >= 0.3 is 360 Å². The van der Waals surface area contributed by atoms with E-state index in [0.29, 0.717) is 27.2 Å². The van der Waals surface area contributed by atoms with Gasteiger partial charge in [0.15, 0.2) is 0 Å². The van der Waals surface area contributed by atoms with Crippen LogP contribution in [0.25, 0.3) is 34.4 Å². The number of alkyl halides is 6. The standard InChI is InChI=1S/2C20H18F3.C6H19BNSi2.2ClH.Zr/c2*1-19(2,3)14-11-13-7-6-9-15(17(13)12-14)16-8-4-5-10-18(16)20(21,22)23;1-9(2,3)8(7)10(4,5)6;;;/h2*4-12H,1-3H3;7H,1-6H3;2*1H;/q;;+1;;;+1/p-2. The van der Waals surface area contributed by atoms with Crippen molar-refractivity contribution in [2.75, 3.05) is 0 Å². The van der Waals surface area contributed by atoms with Crippen molar-refractivity contribution in [2.45, 2.75) is 100 Å². The van der Waals surface area contributed by atoms with Crippen molar-refractivity contribution in [3.63, 3.8) is 0 Å². The topological polar surface area (TPSA) is 3.24 Å². The minimum atomic E-state index is -5.96. The summed E-state index contributed by atoms with van der Waals surface area (Å²) in [5, 5.41) is 0. The molecule has 59 heavy (non-hydrogen) atoms. The molecular weight excluding hydrogens is 910 g/mol. The number of nitrogens with zero attached hydrogens (tertiary/aromatic N) is 1. The van der Waals surface area contributed by atoms with E-state index in [1.807, 2.05) is 24.3 Å². The molecule has 0 N–H and O–H groups in total. The first-order valence-corrected chi connectivity index (χ1v) is 38.0. The third-order valence-corrected chi connectivity index (χ3v) is 39.0. The summed E-state index contributed by atoms with van der Waals surface area (Å²) in [6, 6.07) is 22.5. The molecule has 2 unspecified atom stereocenters. The fourth-order valence-corrected chi connectivity index (χ4v) is 52.5. The Morgan fingerprint density at radius 1 is 0.508 bits per heavy atom. The first kappa shape index (κ1) is 46.4. The number of hydrogen-bond donors (Lipinski definition) is 0. The Balaban J connectivity index is 1.76. The van der Waals surface area contributed by atoms with Crippen LogP contribution in [-0.2, 0) is 28.5 Å². The first-order chi connectivity index (χ1) is 26.8. The molecule has 0 saturated heterocycles. The molecule has 2 atom stereocenters. The quantitative estimate of drug-likeness (QED) is 0.126. The predicted octanol–water partition coefficient (Wildman–Crippen LogP) is 16.0. The van der Waals surface area contributed by atoms with Crippen molar-refractivity contribution in [1.29, 1.82) is 0 Å². The Labute approximate surface area is 357 Å². The number of hydrogen-bond acceptors (Lipinski definition) is 1. The maximum atomic E-state index is 14.7. The summed E-state index contributed by atoms with van der Waals surface area (Å²) in [7, 11) is 13.6. The van der Waals surface area contributed by atoms with Crippen molar-refractivity contribution < 1.29 is 42.5 Å². The van der Waals surface area contributed by atoms with Gasteiger partial charge in [0.05, 0.1) is 0 Å².